The summed E-state index contributed by atoms with van der Waals surface area (Å²) in [6, 6.07) is 15.3. The van der Waals surface area contributed by atoms with E-state index in [0.29, 0.717) is 20.8 Å². The van der Waals surface area contributed by atoms with Gasteiger partial charge in [-0.3, -0.25) is 0 Å². The summed E-state index contributed by atoms with van der Waals surface area (Å²) in [4.78, 5) is 4.33. The van der Waals surface area contributed by atoms with Gasteiger partial charge in [-0.2, -0.15) is 0 Å². The van der Waals surface area contributed by atoms with Crippen molar-refractivity contribution in [1.29, 1.82) is 0 Å². The molecule has 110 valence electrons. The van der Waals surface area contributed by atoms with Crippen LogP contribution in [0.25, 0.3) is 11.3 Å². The summed E-state index contributed by atoms with van der Waals surface area (Å²) in [5, 5.41) is 10.3. The number of nitrogen functional groups attached to an aromatic ring is 1. The first-order chi connectivity index (χ1) is 10.6. The smallest absolute Gasteiger partial charge is 0.182 e. The summed E-state index contributed by atoms with van der Waals surface area (Å²) in [6.45, 7) is 2.01. The number of aryl methyl sites for hydroxylation is 1. The van der Waals surface area contributed by atoms with Crippen molar-refractivity contribution in [2.45, 2.75) is 6.92 Å². The number of thiazole rings is 1. The number of nitrogens with zero attached hydrogens (tertiary/aromatic N) is 3. The Balaban J connectivity index is 2.00. The predicted molar refractivity (Wildman–Crippen MR) is 92.3 cm³/mol. The zero-order valence-electron chi connectivity index (χ0n) is 11.8. The molecular weight excluding hydrogens is 316 g/mol. The number of rotatable bonds is 3. The van der Waals surface area contributed by atoms with E-state index in [2.05, 4.69) is 15.2 Å². The van der Waals surface area contributed by atoms with E-state index in [1.54, 1.807) is 0 Å². The minimum atomic E-state index is 0.438. The number of azo groups is 1. The molecular formula is C16H13ClN4S. The minimum absolute atomic E-state index is 0.438. The molecule has 0 bridgehead atoms. The van der Waals surface area contributed by atoms with Crippen molar-refractivity contribution in [3.8, 4) is 11.3 Å². The largest absolute Gasteiger partial charge is 0.375 e. The molecule has 0 amide bonds. The predicted octanol–water partition coefficient (Wildman–Crippen LogP) is 5.77. The fourth-order valence-electron chi connectivity index (χ4n) is 2.02. The van der Waals surface area contributed by atoms with Crippen LogP contribution in [0.5, 0.6) is 0 Å². The molecule has 2 aromatic carbocycles. The molecule has 0 aliphatic heterocycles. The lowest BCUT2D eigenvalue weighted by Crippen LogP contribution is -1.83. The fourth-order valence-corrected chi connectivity index (χ4v) is 2.91. The Labute approximate surface area is 137 Å². The number of hydrogen-bond donors (Lipinski definition) is 1. The second-order valence-electron chi connectivity index (χ2n) is 4.72. The molecule has 0 aliphatic carbocycles. The third-order valence-electron chi connectivity index (χ3n) is 3.01. The Bertz CT molecular complexity index is 842. The summed E-state index contributed by atoms with van der Waals surface area (Å²) >= 11 is 7.52. The molecule has 3 rings (SSSR count). The first-order valence-electron chi connectivity index (χ1n) is 6.63. The first kappa shape index (κ1) is 14.7. The molecule has 0 unspecified atom stereocenters. The second-order valence-corrected chi connectivity index (χ2v) is 6.14. The van der Waals surface area contributed by atoms with E-state index in [1.165, 1.54) is 11.3 Å². The van der Waals surface area contributed by atoms with Gasteiger partial charge >= 0.3 is 0 Å². The molecule has 0 fully saturated rings. The van der Waals surface area contributed by atoms with Crippen molar-refractivity contribution in [2.24, 2.45) is 10.2 Å². The lowest BCUT2D eigenvalue weighted by molar-refractivity contribution is 1.24. The third-order valence-corrected chi connectivity index (χ3v) is 4.11. The van der Waals surface area contributed by atoms with Gasteiger partial charge < -0.3 is 5.73 Å². The van der Waals surface area contributed by atoms with Crippen LogP contribution in [0.3, 0.4) is 0 Å². The Morgan fingerprint density at radius 1 is 1.09 bits per heavy atom. The van der Waals surface area contributed by atoms with E-state index in [4.69, 9.17) is 17.3 Å². The lowest BCUT2D eigenvalue weighted by atomic mass is 10.2. The molecule has 1 aromatic heterocycles. The molecule has 6 heteroatoms. The number of aromatic nitrogens is 1. The van der Waals surface area contributed by atoms with E-state index >= 15 is 0 Å². The standard InChI is InChI=1S/C16H13ClN4S/c1-10-5-4-6-11(9-10)20-21-15-14(19-16(18)22-15)12-7-2-3-8-13(12)17/h2-9H,1H3,(H2,18,19). The van der Waals surface area contributed by atoms with Crippen molar-refractivity contribution in [3.63, 3.8) is 0 Å². The number of halogens is 1. The fraction of sp³-hybridized carbons (Fsp3) is 0.0625. The normalized spacial score (nSPS) is 11.2. The summed E-state index contributed by atoms with van der Waals surface area (Å²) in [5.41, 5.74) is 9.20. The van der Waals surface area contributed by atoms with Crippen molar-refractivity contribution < 1.29 is 0 Å². The van der Waals surface area contributed by atoms with Crippen LogP contribution >= 0.6 is 22.9 Å². The Hall–Kier alpha value is -2.24. The van der Waals surface area contributed by atoms with Crippen molar-refractivity contribution in [3.05, 3.63) is 59.1 Å². The monoisotopic (exact) mass is 328 g/mol. The summed E-state index contributed by atoms with van der Waals surface area (Å²) in [5.74, 6) is 0. The Morgan fingerprint density at radius 3 is 2.68 bits per heavy atom. The zero-order chi connectivity index (χ0) is 15.5. The molecule has 1 heterocycles. The van der Waals surface area contributed by atoms with Gasteiger partial charge in [0.2, 0.25) is 0 Å². The van der Waals surface area contributed by atoms with E-state index < -0.39 is 0 Å². The van der Waals surface area contributed by atoms with Gasteiger partial charge in [-0.1, -0.05) is 53.3 Å². The maximum absolute atomic E-state index is 6.23. The van der Waals surface area contributed by atoms with E-state index in [9.17, 15) is 0 Å². The average molecular weight is 329 g/mol. The summed E-state index contributed by atoms with van der Waals surface area (Å²) in [6.07, 6.45) is 0. The zero-order valence-corrected chi connectivity index (χ0v) is 13.4. The van der Waals surface area contributed by atoms with Gasteiger partial charge in [-0.05, 0) is 30.7 Å². The van der Waals surface area contributed by atoms with Gasteiger partial charge in [0.05, 0.1) is 10.7 Å². The van der Waals surface area contributed by atoms with Crippen LogP contribution in [0.1, 0.15) is 5.56 Å². The second kappa shape index (κ2) is 6.25. The van der Waals surface area contributed by atoms with Crippen LogP contribution in [0, 0.1) is 6.92 Å². The van der Waals surface area contributed by atoms with Gasteiger partial charge in [0.15, 0.2) is 10.1 Å². The van der Waals surface area contributed by atoms with Gasteiger partial charge in [-0.15, -0.1) is 10.2 Å². The molecule has 22 heavy (non-hydrogen) atoms. The maximum atomic E-state index is 6.23. The molecule has 0 radical (unpaired) electrons. The molecule has 0 saturated heterocycles. The van der Waals surface area contributed by atoms with Crippen LogP contribution in [0.4, 0.5) is 15.8 Å². The van der Waals surface area contributed by atoms with Crippen molar-refractivity contribution in [2.75, 3.05) is 5.73 Å². The first-order valence-corrected chi connectivity index (χ1v) is 7.82. The highest BCUT2D eigenvalue weighted by atomic mass is 35.5. The Kier molecular flexibility index (Phi) is 4.18. The number of nitrogens with two attached hydrogens (primary N) is 1. The molecule has 0 saturated carbocycles. The SMILES string of the molecule is Cc1cccc(N=Nc2sc(N)nc2-c2ccccc2Cl)c1. The average Bonchev–Trinajstić information content (AvgIpc) is 2.86. The van der Waals surface area contributed by atoms with Gasteiger partial charge in [-0.25, -0.2) is 4.98 Å². The Morgan fingerprint density at radius 2 is 1.91 bits per heavy atom. The van der Waals surface area contributed by atoms with E-state index in [-0.39, 0.29) is 0 Å². The van der Waals surface area contributed by atoms with Gasteiger partial charge in [0.25, 0.3) is 0 Å². The molecule has 0 spiro atoms. The lowest BCUT2D eigenvalue weighted by Gasteiger charge is -2.00. The number of hydrogen-bond acceptors (Lipinski definition) is 5. The van der Waals surface area contributed by atoms with Gasteiger partial charge in [0, 0.05) is 5.56 Å². The highest BCUT2D eigenvalue weighted by Crippen LogP contribution is 2.40. The van der Waals surface area contributed by atoms with Gasteiger partial charge in [0.1, 0.15) is 5.69 Å². The number of benzene rings is 2. The molecule has 0 atom stereocenters. The van der Waals surface area contributed by atoms with E-state index in [0.717, 1.165) is 16.8 Å². The van der Waals surface area contributed by atoms with Crippen LogP contribution in [-0.2, 0) is 0 Å². The van der Waals surface area contributed by atoms with Crippen LogP contribution < -0.4 is 5.73 Å². The minimum Gasteiger partial charge on any atom is -0.375 e. The molecule has 2 N–H and O–H groups in total. The summed E-state index contributed by atoms with van der Waals surface area (Å²) in [7, 11) is 0. The third kappa shape index (κ3) is 3.16. The number of anilines is 1. The van der Waals surface area contributed by atoms with Crippen molar-refractivity contribution in [1.82, 2.24) is 4.98 Å². The highest BCUT2D eigenvalue weighted by Gasteiger charge is 2.14. The van der Waals surface area contributed by atoms with Crippen LogP contribution in [-0.4, -0.2) is 4.98 Å². The quantitative estimate of drug-likeness (QED) is 0.620. The maximum Gasteiger partial charge on any atom is 0.182 e. The van der Waals surface area contributed by atoms with Crippen LogP contribution in [0.15, 0.2) is 58.8 Å². The molecule has 0 aliphatic rings. The molecule has 4 nitrogen and oxygen atoms in total. The van der Waals surface area contributed by atoms with Crippen molar-refractivity contribution >= 4 is 38.8 Å². The topological polar surface area (TPSA) is 63.6 Å². The van der Waals surface area contributed by atoms with Crippen LogP contribution in [0.2, 0.25) is 5.02 Å². The molecule has 3 aromatic rings. The summed E-state index contributed by atoms with van der Waals surface area (Å²) < 4.78 is 0. The highest BCUT2D eigenvalue weighted by molar-refractivity contribution is 7.19. The van der Waals surface area contributed by atoms with E-state index in [1.807, 2.05) is 55.5 Å².